The number of nitrogens with zero attached hydrogens (tertiary/aromatic N) is 5. The summed E-state index contributed by atoms with van der Waals surface area (Å²) < 4.78 is 22.0. The maximum Gasteiger partial charge on any atom is 0.287 e. The Morgan fingerprint density at radius 2 is 1.81 bits per heavy atom. The van der Waals surface area contributed by atoms with E-state index in [0.29, 0.717) is 23.2 Å². The fourth-order valence-corrected chi connectivity index (χ4v) is 9.35. The van der Waals surface area contributed by atoms with E-state index in [1.165, 1.54) is 15.8 Å². The highest BCUT2D eigenvalue weighted by Gasteiger charge is 2.50. The fraction of sp³-hybridized carbons (Fsp3) is 0.588. The van der Waals surface area contributed by atoms with Crippen molar-refractivity contribution in [2.45, 2.75) is 101 Å². The number of primary amides is 1. The Hall–Kier alpha value is -4.39. The summed E-state index contributed by atoms with van der Waals surface area (Å²) in [6.07, 6.45) is 7.77. The van der Waals surface area contributed by atoms with Gasteiger partial charge < -0.3 is 26.4 Å². The van der Waals surface area contributed by atoms with Gasteiger partial charge in [-0.15, -0.1) is 5.10 Å². The number of ketones is 1. The third-order valence-electron chi connectivity index (χ3n) is 10.7. The van der Waals surface area contributed by atoms with Gasteiger partial charge in [-0.05, 0) is 51.2 Å². The van der Waals surface area contributed by atoms with Crippen molar-refractivity contribution in [3.05, 3.63) is 41.9 Å². The molecule has 1 aromatic carbocycles. The first kappa shape index (κ1) is 37.4. The summed E-state index contributed by atoms with van der Waals surface area (Å²) in [5, 5.41) is 32.4. The number of nitrogens with two attached hydrogens (primary N) is 1. The molecule has 2 aromatic heterocycles. The van der Waals surface area contributed by atoms with Crippen molar-refractivity contribution in [1.82, 2.24) is 40.7 Å². The zero-order chi connectivity index (χ0) is 37.4. The monoisotopic (exact) mass is 741 g/mol. The molecule has 0 spiro atoms. The van der Waals surface area contributed by atoms with Crippen LogP contribution in [0.3, 0.4) is 0 Å². The number of aliphatic hydroxyl groups is 1. The van der Waals surface area contributed by atoms with E-state index in [9.17, 15) is 38.2 Å². The second kappa shape index (κ2) is 14.6. The summed E-state index contributed by atoms with van der Waals surface area (Å²) in [7, 11) is -3.03. The normalized spacial score (nSPS) is 23.1. The van der Waals surface area contributed by atoms with Crippen molar-refractivity contribution in [1.29, 1.82) is 0 Å². The minimum atomic E-state index is -3.03. The predicted octanol–water partition coefficient (Wildman–Crippen LogP) is 1.75. The Bertz CT molecular complexity index is 1840. The number of H-pyrrole nitrogens is 1. The zero-order valence-electron chi connectivity index (χ0n) is 29.3. The number of aromatic amines is 1. The van der Waals surface area contributed by atoms with Crippen LogP contribution in [0, 0.1) is 5.92 Å². The topological polar surface area (TPSA) is 259 Å². The quantitative estimate of drug-likeness (QED) is 0.139. The van der Waals surface area contributed by atoms with Gasteiger partial charge in [0.1, 0.15) is 23.2 Å². The number of benzene rings is 1. The van der Waals surface area contributed by atoms with Gasteiger partial charge in [0.05, 0.1) is 29.6 Å². The van der Waals surface area contributed by atoms with Gasteiger partial charge in [0, 0.05) is 35.4 Å². The first-order valence-electron chi connectivity index (χ1n) is 17.6. The lowest BCUT2D eigenvalue weighted by Gasteiger charge is -2.45. The summed E-state index contributed by atoms with van der Waals surface area (Å²) in [6, 6.07) is 2.19. The highest BCUT2D eigenvalue weighted by Crippen LogP contribution is 2.47. The molecule has 0 radical (unpaired) electrons. The Morgan fingerprint density at radius 3 is 2.48 bits per heavy atom. The summed E-state index contributed by atoms with van der Waals surface area (Å²) in [6.45, 7) is 3.08. The van der Waals surface area contributed by atoms with Gasteiger partial charge in [-0.25, -0.2) is 4.68 Å². The molecule has 4 amide bonds. The maximum atomic E-state index is 14.8. The standard InChI is InChI=1S/C34H47N9O8S/c1-33(2,49)27-18-37-41-43(27)23-16-26(31(47)39-34(28(44)29(35)45)10-12-52(50,51)13-11-34)42(19-23)32(48)25(14-20-6-4-3-5-7-20)38-30(46)21-8-9-22-17-36-40-24(22)15-21/h8-9,15,17-18,20,23,25-26,49-51H,3-7,10-14,16,19H2,1-2H3,(H2,35,45)(H,36,40)(H,38,46)(H,39,47)/t23-,25+,26-/m0/s1. The molecular weight excluding hydrogens is 694 g/mol. The molecule has 282 valence electrons. The number of carbonyl (C=O) groups excluding carboxylic acids is 5. The third-order valence-corrected chi connectivity index (χ3v) is 12.5. The van der Waals surface area contributed by atoms with Crippen molar-refractivity contribution < 1.29 is 38.2 Å². The minimum Gasteiger partial charge on any atom is -0.384 e. The number of Topliss-reactive ketones (excluding diaryl/α,β-unsaturated/α-hetero) is 1. The molecule has 18 heteroatoms. The van der Waals surface area contributed by atoms with Crippen LogP contribution < -0.4 is 16.4 Å². The molecule has 6 rings (SSSR count). The number of amides is 4. The van der Waals surface area contributed by atoms with Crippen molar-refractivity contribution in [2.24, 2.45) is 11.7 Å². The fourth-order valence-electron chi connectivity index (χ4n) is 7.80. The largest absolute Gasteiger partial charge is 0.384 e. The summed E-state index contributed by atoms with van der Waals surface area (Å²) in [5.74, 6) is -4.39. The van der Waals surface area contributed by atoms with E-state index in [-0.39, 0.29) is 43.2 Å². The van der Waals surface area contributed by atoms with E-state index in [1.54, 1.807) is 38.2 Å². The van der Waals surface area contributed by atoms with E-state index >= 15 is 0 Å². The average Bonchev–Trinajstić information content (AvgIpc) is 3.88. The van der Waals surface area contributed by atoms with Crippen LogP contribution in [0.2, 0.25) is 0 Å². The van der Waals surface area contributed by atoms with Crippen LogP contribution in [-0.4, -0.2) is 109 Å². The van der Waals surface area contributed by atoms with Crippen LogP contribution in [0.5, 0.6) is 0 Å². The maximum absolute atomic E-state index is 14.8. The molecular formula is C34H47N9O8S. The summed E-state index contributed by atoms with van der Waals surface area (Å²) in [5.41, 5.74) is 3.56. The van der Waals surface area contributed by atoms with E-state index in [1.807, 2.05) is 0 Å². The highest BCUT2D eigenvalue weighted by molar-refractivity contribution is 8.24. The number of rotatable bonds is 11. The van der Waals surface area contributed by atoms with Gasteiger partial charge in [0.15, 0.2) is 0 Å². The Labute approximate surface area is 301 Å². The lowest BCUT2D eigenvalue weighted by Crippen LogP contribution is -2.64. The van der Waals surface area contributed by atoms with Crippen LogP contribution in [0.25, 0.3) is 10.9 Å². The molecule has 3 aliphatic rings. The van der Waals surface area contributed by atoms with E-state index in [2.05, 4.69) is 31.1 Å². The van der Waals surface area contributed by atoms with Gasteiger partial charge >= 0.3 is 0 Å². The van der Waals surface area contributed by atoms with Crippen molar-refractivity contribution >= 4 is 50.9 Å². The lowest BCUT2D eigenvalue weighted by molar-refractivity contribution is -0.145. The van der Waals surface area contributed by atoms with E-state index in [4.69, 9.17) is 5.73 Å². The van der Waals surface area contributed by atoms with Crippen LogP contribution in [-0.2, 0) is 24.8 Å². The second-order valence-corrected chi connectivity index (χ2v) is 17.4. The first-order chi connectivity index (χ1) is 24.6. The van der Waals surface area contributed by atoms with Crippen molar-refractivity contribution in [3.8, 4) is 0 Å². The van der Waals surface area contributed by atoms with E-state index in [0.717, 1.165) is 37.5 Å². The molecule has 52 heavy (non-hydrogen) atoms. The molecule has 3 fully saturated rings. The molecule has 3 atom stereocenters. The smallest absolute Gasteiger partial charge is 0.287 e. The highest BCUT2D eigenvalue weighted by atomic mass is 32.3. The molecule has 17 nitrogen and oxygen atoms in total. The number of hydrogen-bond donors (Lipinski definition) is 7. The average molecular weight is 742 g/mol. The molecule has 1 aliphatic carbocycles. The molecule has 8 N–H and O–H groups in total. The summed E-state index contributed by atoms with van der Waals surface area (Å²) >= 11 is 0. The molecule has 0 bridgehead atoms. The van der Waals surface area contributed by atoms with Gasteiger partial charge in [0.25, 0.3) is 11.8 Å². The number of nitrogens with one attached hydrogen (secondary N) is 3. The number of aromatic nitrogens is 5. The van der Waals surface area contributed by atoms with Crippen molar-refractivity contribution in [2.75, 3.05) is 18.1 Å². The number of carbonyl (C=O) groups is 5. The van der Waals surface area contributed by atoms with Gasteiger partial charge in [-0.3, -0.25) is 38.2 Å². The van der Waals surface area contributed by atoms with Crippen LogP contribution in [0.15, 0.2) is 30.6 Å². The zero-order valence-corrected chi connectivity index (χ0v) is 30.1. The van der Waals surface area contributed by atoms with Gasteiger partial charge in [-0.1, -0.05) is 43.4 Å². The van der Waals surface area contributed by atoms with Crippen LogP contribution in [0.1, 0.15) is 93.7 Å². The van der Waals surface area contributed by atoms with E-state index < -0.39 is 69.3 Å². The number of fused-ring (bicyclic) bond motifs is 1. The number of likely N-dealkylation sites (tertiary alicyclic amines) is 1. The molecule has 2 saturated heterocycles. The molecule has 4 heterocycles. The van der Waals surface area contributed by atoms with Gasteiger partial charge in [0.2, 0.25) is 17.6 Å². The Morgan fingerprint density at radius 1 is 1.10 bits per heavy atom. The molecule has 0 unspecified atom stereocenters. The second-order valence-electron chi connectivity index (χ2n) is 14.9. The SMILES string of the molecule is CC(C)(O)c1cnnn1[C@H]1C[C@@H](C(=O)NC2(C(=O)C(N)=O)CCS(O)(O)CC2)N(C(=O)[C@@H](CC2CCCCC2)NC(=O)c2ccc3cn[nH]c3c2)C1. The molecule has 2 aliphatic heterocycles. The Balaban J connectivity index is 1.33. The summed E-state index contributed by atoms with van der Waals surface area (Å²) in [4.78, 5) is 69.6. The predicted molar refractivity (Wildman–Crippen MR) is 190 cm³/mol. The third kappa shape index (κ3) is 7.84. The van der Waals surface area contributed by atoms with Crippen LogP contribution in [0.4, 0.5) is 0 Å². The van der Waals surface area contributed by atoms with Crippen molar-refractivity contribution in [3.63, 3.8) is 0 Å². The number of hydrogen-bond acceptors (Lipinski definition) is 11. The minimum absolute atomic E-state index is 0.000624. The molecule has 3 aromatic rings. The van der Waals surface area contributed by atoms with Crippen LogP contribution >= 0.6 is 10.6 Å². The lowest BCUT2D eigenvalue weighted by atomic mass is 9.84. The van der Waals surface area contributed by atoms with Gasteiger partial charge in [-0.2, -0.15) is 15.7 Å². The molecule has 1 saturated carbocycles. The Kier molecular flexibility index (Phi) is 10.5. The first-order valence-corrected chi connectivity index (χ1v) is 19.5.